The van der Waals surface area contributed by atoms with E-state index < -0.39 is 17.7 Å². The average molecular weight is 429 g/mol. The van der Waals surface area contributed by atoms with E-state index in [0.717, 1.165) is 5.56 Å². The monoisotopic (exact) mass is 428 g/mol. The number of ketones is 1. The molecule has 0 radical (unpaired) electrons. The van der Waals surface area contributed by atoms with Gasteiger partial charge in [-0.1, -0.05) is 35.9 Å². The summed E-state index contributed by atoms with van der Waals surface area (Å²) in [6.45, 7) is 3.37. The lowest BCUT2D eigenvalue weighted by molar-refractivity contribution is -0.140. The first-order valence-electron chi connectivity index (χ1n) is 9.75. The van der Waals surface area contributed by atoms with Gasteiger partial charge in [-0.2, -0.15) is 0 Å². The molecule has 0 aliphatic carbocycles. The summed E-state index contributed by atoms with van der Waals surface area (Å²) in [4.78, 5) is 29.2. The second-order valence-corrected chi connectivity index (χ2v) is 7.74. The number of aliphatic hydroxyl groups excluding tert-OH is 1. The Hall–Kier alpha value is -2.83. The molecule has 1 aliphatic heterocycles. The van der Waals surface area contributed by atoms with Gasteiger partial charge in [-0.15, -0.1) is 0 Å². The van der Waals surface area contributed by atoms with Crippen molar-refractivity contribution in [2.24, 2.45) is 0 Å². The van der Waals surface area contributed by atoms with Gasteiger partial charge < -0.3 is 19.6 Å². The second-order valence-electron chi connectivity index (χ2n) is 7.31. The minimum atomic E-state index is -0.704. The van der Waals surface area contributed by atoms with Crippen molar-refractivity contribution >= 4 is 29.1 Å². The number of ether oxygens (including phenoxy) is 1. The molecule has 2 aromatic carbocycles. The van der Waals surface area contributed by atoms with Crippen LogP contribution in [0.4, 0.5) is 0 Å². The number of likely N-dealkylation sites (tertiary alicyclic amines) is 1. The molecular formula is C23H25ClN2O4. The standard InChI is InChI=1S/C23H25ClN2O4/c1-4-30-18-10-8-15(9-11-18)20-19(21(27)16-6-5-7-17(24)14-16)22(28)23(29)26(20)13-12-25(2)3/h5-11,14,20,27H,4,12-13H2,1-3H3/b21-19-. The maximum absolute atomic E-state index is 12.9. The van der Waals surface area contributed by atoms with Gasteiger partial charge in [-0.05, 0) is 50.8 Å². The Balaban J connectivity index is 2.11. The number of aliphatic hydroxyl groups is 1. The summed E-state index contributed by atoms with van der Waals surface area (Å²) in [7, 11) is 3.79. The number of likely N-dealkylation sites (N-methyl/N-ethyl adjacent to an activating group) is 1. The number of amides is 1. The van der Waals surface area contributed by atoms with Crippen LogP contribution >= 0.6 is 11.6 Å². The van der Waals surface area contributed by atoms with Gasteiger partial charge in [0.05, 0.1) is 18.2 Å². The van der Waals surface area contributed by atoms with Crippen LogP contribution in [0, 0.1) is 0 Å². The topological polar surface area (TPSA) is 70.1 Å². The molecular weight excluding hydrogens is 404 g/mol. The van der Waals surface area contributed by atoms with Crippen LogP contribution in [0.5, 0.6) is 5.75 Å². The molecule has 1 atom stereocenters. The van der Waals surface area contributed by atoms with Crippen LogP contribution in [0.3, 0.4) is 0 Å². The number of benzene rings is 2. The van der Waals surface area contributed by atoms with Gasteiger partial charge in [0.1, 0.15) is 11.5 Å². The van der Waals surface area contributed by atoms with Crippen LogP contribution in [0.1, 0.15) is 24.1 Å². The molecule has 1 amide bonds. The van der Waals surface area contributed by atoms with Crippen molar-refractivity contribution in [1.29, 1.82) is 0 Å². The van der Waals surface area contributed by atoms with Gasteiger partial charge in [-0.25, -0.2) is 0 Å². The number of rotatable bonds is 7. The zero-order valence-electron chi connectivity index (χ0n) is 17.3. The van der Waals surface area contributed by atoms with Crippen LogP contribution in [-0.4, -0.2) is 60.4 Å². The summed E-state index contributed by atoms with van der Waals surface area (Å²) in [6, 6.07) is 13.1. The first kappa shape index (κ1) is 21.9. The van der Waals surface area contributed by atoms with Gasteiger partial charge in [0.2, 0.25) is 0 Å². The molecule has 1 unspecified atom stereocenters. The third-order valence-electron chi connectivity index (χ3n) is 4.93. The van der Waals surface area contributed by atoms with E-state index in [1.54, 1.807) is 36.4 Å². The zero-order chi connectivity index (χ0) is 21.8. The van der Waals surface area contributed by atoms with Crippen molar-refractivity contribution in [1.82, 2.24) is 9.80 Å². The Labute approximate surface area is 181 Å². The summed E-state index contributed by atoms with van der Waals surface area (Å²) in [6.07, 6.45) is 0. The van der Waals surface area contributed by atoms with Crippen LogP contribution in [-0.2, 0) is 9.59 Å². The smallest absolute Gasteiger partial charge is 0.295 e. The molecule has 1 aliphatic rings. The lowest BCUT2D eigenvalue weighted by Crippen LogP contribution is -2.35. The van der Waals surface area contributed by atoms with E-state index in [0.29, 0.717) is 36.0 Å². The third-order valence-corrected chi connectivity index (χ3v) is 5.17. The fraction of sp³-hybridized carbons (Fsp3) is 0.304. The van der Waals surface area contributed by atoms with Crippen LogP contribution in [0.25, 0.3) is 5.76 Å². The number of halogens is 1. The zero-order valence-corrected chi connectivity index (χ0v) is 18.0. The van der Waals surface area contributed by atoms with E-state index in [2.05, 4.69) is 0 Å². The number of Topliss-reactive ketones (excluding diaryl/α,β-unsaturated/α-hetero) is 1. The third kappa shape index (κ3) is 4.50. The largest absolute Gasteiger partial charge is 0.507 e. The van der Waals surface area contributed by atoms with Gasteiger partial charge in [0, 0.05) is 23.7 Å². The summed E-state index contributed by atoms with van der Waals surface area (Å²) in [5.41, 5.74) is 1.18. The fourth-order valence-corrected chi connectivity index (χ4v) is 3.66. The highest BCUT2D eigenvalue weighted by Gasteiger charge is 2.45. The number of hydrogen-bond acceptors (Lipinski definition) is 5. The molecule has 1 saturated heterocycles. The molecule has 0 bridgehead atoms. The van der Waals surface area contributed by atoms with Crippen LogP contribution in [0.2, 0.25) is 5.02 Å². The molecule has 2 aromatic rings. The molecule has 158 valence electrons. The van der Waals surface area contributed by atoms with Crippen LogP contribution < -0.4 is 4.74 Å². The van der Waals surface area contributed by atoms with Crippen molar-refractivity contribution in [3.8, 4) is 5.75 Å². The van der Waals surface area contributed by atoms with Crippen molar-refractivity contribution in [3.05, 3.63) is 70.3 Å². The van der Waals surface area contributed by atoms with Crippen molar-refractivity contribution in [3.63, 3.8) is 0 Å². The van der Waals surface area contributed by atoms with Crippen molar-refractivity contribution in [2.45, 2.75) is 13.0 Å². The van der Waals surface area contributed by atoms with E-state index in [-0.39, 0.29) is 11.3 Å². The van der Waals surface area contributed by atoms with E-state index in [1.165, 1.54) is 4.90 Å². The summed E-state index contributed by atoms with van der Waals surface area (Å²) in [5, 5.41) is 11.4. The maximum Gasteiger partial charge on any atom is 0.295 e. The van der Waals surface area contributed by atoms with Gasteiger partial charge in [-0.3, -0.25) is 9.59 Å². The highest BCUT2D eigenvalue weighted by atomic mass is 35.5. The Morgan fingerprint density at radius 3 is 2.47 bits per heavy atom. The van der Waals surface area contributed by atoms with E-state index in [4.69, 9.17) is 16.3 Å². The Bertz CT molecular complexity index is 969. The normalized spacial score (nSPS) is 18.3. The average Bonchev–Trinajstić information content (AvgIpc) is 2.97. The number of carbonyl (C=O) groups is 2. The Morgan fingerprint density at radius 2 is 1.87 bits per heavy atom. The highest BCUT2D eigenvalue weighted by molar-refractivity contribution is 6.46. The van der Waals surface area contributed by atoms with Gasteiger partial charge >= 0.3 is 0 Å². The lowest BCUT2D eigenvalue weighted by atomic mass is 9.95. The van der Waals surface area contributed by atoms with Crippen molar-refractivity contribution < 1.29 is 19.4 Å². The number of hydrogen-bond donors (Lipinski definition) is 1. The molecule has 0 spiro atoms. The molecule has 0 aromatic heterocycles. The van der Waals surface area contributed by atoms with Crippen molar-refractivity contribution in [2.75, 3.05) is 33.8 Å². The number of nitrogens with zero attached hydrogens (tertiary/aromatic N) is 2. The summed E-state index contributed by atoms with van der Waals surface area (Å²) < 4.78 is 5.50. The maximum atomic E-state index is 12.9. The molecule has 1 heterocycles. The minimum Gasteiger partial charge on any atom is -0.507 e. The fourth-order valence-electron chi connectivity index (χ4n) is 3.47. The Morgan fingerprint density at radius 1 is 1.17 bits per heavy atom. The van der Waals surface area contributed by atoms with Crippen LogP contribution in [0.15, 0.2) is 54.1 Å². The van der Waals surface area contributed by atoms with E-state index >= 15 is 0 Å². The minimum absolute atomic E-state index is 0.0604. The quantitative estimate of drug-likeness (QED) is 0.413. The molecule has 1 N–H and O–H groups in total. The highest BCUT2D eigenvalue weighted by Crippen LogP contribution is 2.39. The predicted molar refractivity (Wildman–Crippen MR) is 117 cm³/mol. The molecule has 1 fully saturated rings. The predicted octanol–water partition coefficient (Wildman–Crippen LogP) is 3.72. The summed E-state index contributed by atoms with van der Waals surface area (Å²) >= 11 is 6.06. The molecule has 6 nitrogen and oxygen atoms in total. The van der Waals surface area contributed by atoms with E-state index in [9.17, 15) is 14.7 Å². The first-order chi connectivity index (χ1) is 14.3. The van der Waals surface area contributed by atoms with Gasteiger partial charge in [0.25, 0.3) is 11.7 Å². The molecule has 0 saturated carbocycles. The van der Waals surface area contributed by atoms with Gasteiger partial charge in [0.15, 0.2) is 0 Å². The molecule has 7 heteroatoms. The van der Waals surface area contributed by atoms with E-state index in [1.807, 2.05) is 38.1 Å². The summed E-state index contributed by atoms with van der Waals surface area (Å²) in [5.74, 6) is -0.868. The second kappa shape index (κ2) is 9.32. The number of carbonyl (C=O) groups excluding carboxylic acids is 2. The Kier molecular flexibility index (Phi) is 6.80. The lowest BCUT2D eigenvalue weighted by Gasteiger charge is -2.26. The first-order valence-corrected chi connectivity index (χ1v) is 10.1. The molecule has 3 rings (SSSR count). The SMILES string of the molecule is CCOc1ccc(C2/C(=C(/O)c3cccc(Cl)c3)C(=O)C(=O)N2CCN(C)C)cc1. The molecule has 30 heavy (non-hydrogen) atoms.